The van der Waals surface area contributed by atoms with E-state index in [1.165, 1.54) is 5.06 Å². The second-order valence-corrected chi connectivity index (χ2v) is 12.8. The topological polar surface area (TPSA) is 101 Å². The molecule has 2 aliphatic heterocycles. The Morgan fingerprint density at radius 1 is 0.844 bits per heavy atom. The van der Waals surface area contributed by atoms with Crippen molar-refractivity contribution in [3.8, 4) is 0 Å². The van der Waals surface area contributed by atoms with Gasteiger partial charge < -0.3 is 5.32 Å². The molecule has 2 aliphatic rings. The highest BCUT2D eigenvalue weighted by Crippen LogP contribution is 2.61. The molecule has 0 radical (unpaired) electrons. The van der Waals surface area contributed by atoms with Gasteiger partial charge in [0.25, 0.3) is 15.9 Å². The molecule has 3 heterocycles. The van der Waals surface area contributed by atoms with Crippen molar-refractivity contribution < 1.29 is 18.0 Å². The molecule has 1 saturated heterocycles. The number of amidine groups is 1. The fraction of sp³-hybridized carbons (Fsp3) is 0.139. The van der Waals surface area contributed by atoms with Crippen molar-refractivity contribution >= 4 is 27.5 Å². The van der Waals surface area contributed by atoms with Crippen molar-refractivity contribution in [2.75, 3.05) is 5.32 Å². The van der Waals surface area contributed by atoms with Crippen LogP contribution < -0.4 is 5.32 Å². The molecular formula is C36H30N4O4S. The number of fused-ring (bicyclic) bond motifs is 2. The Hall–Kier alpha value is -5.12. The number of para-hydroxylation sites is 1. The van der Waals surface area contributed by atoms with Gasteiger partial charge >= 0.3 is 0 Å². The Morgan fingerprint density at radius 3 is 2.22 bits per heavy atom. The number of pyridine rings is 1. The first-order chi connectivity index (χ1) is 21.9. The third-order valence-corrected chi connectivity index (χ3v) is 9.74. The van der Waals surface area contributed by atoms with Gasteiger partial charge in [-0.3, -0.25) is 14.6 Å². The summed E-state index contributed by atoms with van der Waals surface area (Å²) in [5, 5.41) is 4.71. The Kier molecular flexibility index (Phi) is 7.27. The molecule has 3 atom stereocenters. The van der Waals surface area contributed by atoms with E-state index >= 15 is 0 Å². The lowest BCUT2D eigenvalue weighted by molar-refractivity contribution is -0.198. The van der Waals surface area contributed by atoms with Gasteiger partial charge in [-0.15, -0.1) is 4.40 Å². The summed E-state index contributed by atoms with van der Waals surface area (Å²) in [5.41, 5.74) is 3.09. The zero-order chi connectivity index (χ0) is 31.0. The summed E-state index contributed by atoms with van der Waals surface area (Å²) in [7, 11) is -4.21. The molecular weight excluding hydrogens is 584 g/mol. The number of nitrogens with one attached hydrogen (secondary N) is 1. The summed E-state index contributed by atoms with van der Waals surface area (Å²) >= 11 is 0. The largest absolute Gasteiger partial charge is 0.342 e. The molecule has 8 nitrogen and oxygen atoms in total. The predicted octanol–water partition coefficient (Wildman–Crippen LogP) is 6.34. The van der Waals surface area contributed by atoms with Gasteiger partial charge in [0, 0.05) is 11.9 Å². The average molecular weight is 615 g/mol. The minimum atomic E-state index is -4.21. The van der Waals surface area contributed by atoms with Crippen LogP contribution >= 0.6 is 0 Å². The van der Waals surface area contributed by atoms with E-state index in [4.69, 9.17) is 9.82 Å². The average Bonchev–Trinajstić information content (AvgIpc) is 3.51. The molecule has 1 amide bonds. The van der Waals surface area contributed by atoms with E-state index in [9.17, 15) is 13.2 Å². The van der Waals surface area contributed by atoms with Gasteiger partial charge in [0.15, 0.2) is 0 Å². The van der Waals surface area contributed by atoms with E-state index in [1.807, 2.05) is 104 Å². The number of hydrogen-bond donors (Lipinski definition) is 1. The highest BCUT2D eigenvalue weighted by molar-refractivity contribution is 7.90. The zero-order valence-corrected chi connectivity index (χ0v) is 25.3. The van der Waals surface area contributed by atoms with Gasteiger partial charge in [-0.2, -0.15) is 8.42 Å². The van der Waals surface area contributed by atoms with E-state index in [0.717, 1.165) is 16.7 Å². The van der Waals surface area contributed by atoms with Crippen molar-refractivity contribution in [1.29, 1.82) is 0 Å². The van der Waals surface area contributed by atoms with Crippen LogP contribution in [-0.2, 0) is 31.7 Å². The van der Waals surface area contributed by atoms with Crippen LogP contribution in [0, 0.1) is 6.92 Å². The molecule has 1 aromatic heterocycles. The van der Waals surface area contributed by atoms with Crippen molar-refractivity contribution in [2.24, 2.45) is 4.40 Å². The zero-order valence-electron chi connectivity index (χ0n) is 24.4. The Morgan fingerprint density at radius 2 is 1.51 bits per heavy atom. The Bertz CT molecular complexity index is 1990. The summed E-state index contributed by atoms with van der Waals surface area (Å²) in [4.78, 5) is 26.0. The highest BCUT2D eigenvalue weighted by atomic mass is 32.2. The van der Waals surface area contributed by atoms with E-state index < -0.39 is 27.4 Å². The standard InChI is InChI=1S/C36H30N4O4S/c1-25-19-21-28(22-20-25)45(42,43)39-35-36(29-16-8-9-17-30(29)38-35)32(27-14-6-3-7-15-27)34(41)40(33(36)31-18-10-11-23-37-31)44-24-26-12-4-2-5-13-26/h2-23,32-33H,24H2,1H3,(H,38,39). The van der Waals surface area contributed by atoms with Gasteiger partial charge in [0.05, 0.1) is 16.5 Å². The van der Waals surface area contributed by atoms with Gasteiger partial charge in [-0.05, 0) is 53.9 Å². The fourth-order valence-electron chi connectivity index (χ4n) is 6.45. The van der Waals surface area contributed by atoms with Gasteiger partial charge in [-0.25, -0.2) is 5.06 Å². The maximum absolute atomic E-state index is 14.8. The number of nitrogens with zero attached hydrogens (tertiary/aromatic N) is 3. The predicted molar refractivity (Wildman–Crippen MR) is 172 cm³/mol. The maximum Gasteiger partial charge on any atom is 0.283 e. The molecule has 3 unspecified atom stereocenters. The second-order valence-electron chi connectivity index (χ2n) is 11.2. The van der Waals surface area contributed by atoms with Crippen LogP contribution in [0.5, 0.6) is 0 Å². The number of aromatic nitrogens is 1. The summed E-state index contributed by atoms with van der Waals surface area (Å²) < 4.78 is 32.5. The molecule has 1 fully saturated rings. The number of hydroxylamine groups is 2. The van der Waals surface area contributed by atoms with E-state index in [-0.39, 0.29) is 23.2 Å². The molecule has 7 rings (SSSR count). The summed E-state index contributed by atoms with van der Waals surface area (Å²) in [6.07, 6.45) is 1.66. The molecule has 1 N–H and O–H groups in total. The van der Waals surface area contributed by atoms with Crippen LogP contribution in [0.25, 0.3) is 0 Å². The molecule has 9 heteroatoms. The molecule has 0 bridgehead atoms. The SMILES string of the molecule is Cc1ccc(S(=O)(=O)/N=C2\Nc3ccccc3C23C(c2ccccc2)C(=O)N(OCc2ccccc2)C3c2ccccn2)cc1. The number of sulfonamides is 1. The lowest BCUT2D eigenvalue weighted by Crippen LogP contribution is -2.44. The van der Waals surface area contributed by atoms with Crippen molar-refractivity contribution in [1.82, 2.24) is 10.0 Å². The van der Waals surface area contributed by atoms with Gasteiger partial charge in [0.1, 0.15) is 23.9 Å². The highest BCUT2D eigenvalue weighted by Gasteiger charge is 2.68. The minimum Gasteiger partial charge on any atom is -0.342 e. The first-order valence-electron chi connectivity index (χ1n) is 14.6. The third-order valence-electron chi connectivity index (χ3n) is 8.45. The van der Waals surface area contributed by atoms with Crippen molar-refractivity contribution in [3.05, 3.63) is 162 Å². The van der Waals surface area contributed by atoms with E-state index in [1.54, 1.807) is 36.5 Å². The Balaban J connectivity index is 1.51. The second kappa shape index (κ2) is 11.4. The van der Waals surface area contributed by atoms with E-state index in [0.29, 0.717) is 16.9 Å². The van der Waals surface area contributed by atoms with Crippen LogP contribution in [0.3, 0.4) is 0 Å². The van der Waals surface area contributed by atoms with Crippen LogP contribution in [-0.4, -0.2) is 30.2 Å². The number of benzene rings is 4. The number of carbonyl (C=O) groups excluding carboxylic acids is 1. The van der Waals surface area contributed by atoms with Gasteiger partial charge in [0.2, 0.25) is 0 Å². The quantitative estimate of drug-likeness (QED) is 0.230. The van der Waals surface area contributed by atoms with Crippen LogP contribution in [0.15, 0.2) is 143 Å². The molecule has 224 valence electrons. The maximum atomic E-state index is 14.8. The molecule has 1 spiro atoms. The number of rotatable bonds is 7. The Labute approximate surface area is 262 Å². The minimum absolute atomic E-state index is 0.0562. The normalized spacial score (nSPS) is 21.7. The summed E-state index contributed by atoms with van der Waals surface area (Å²) in [5.74, 6) is -1.09. The number of anilines is 1. The van der Waals surface area contributed by atoms with E-state index in [2.05, 4.69) is 9.71 Å². The third kappa shape index (κ3) is 4.90. The van der Waals surface area contributed by atoms with Gasteiger partial charge in [-0.1, -0.05) is 103 Å². The molecule has 0 saturated carbocycles. The summed E-state index contributed by atoms with van der Waals surface area (Å²) in [6, 6.07) is 37.7. The lowest BCUT2D eigenvalue weighted by atomic mass is 9.65. The van der Waals surface area contributed by atoms with Crippen LogP contribution in [0.1, 0.15) is 39.9 Å². The number of amides is 1. The summed E-state index contributed by atoms with van der Waals surface area (Å²) in [6.45, 7) is 2.01. The number of carbonyl (C=O) groups is 1. The lowest BCUT2D eigenvalue weighted by Gasteiger charge is -2.36. The van der Waals surface area contributed by atoms with Crippen molar-refractivity contribution in [3.63, 3.8) is 0 Å². The van der Waals surface area contributed by atoms with Crippen LogP contribution in [0.2, 0.25) is 0 Å². The molecule has 45 heavy (non-hydrogen) atoms. The number of aryl methyl sites for hydroxylation is 1. The number of hydrogen-bond acceptors (Lipinski definition) is 5. The molecule has 4 aromatic carbocycles. The fourth-order valence-corrected chi connectivity index (χ4v) is 7.47. The monoisotopic (exact) mass is 614 g/mol. The van der Waals surface area contributed by atoms with Crippen molar-refractivity contribution in [2.45, 2.75) is 35.8 Å². The first-order valence-corrected chi connectivity index (χ1v) is 16.1. The smallest absolute Gasteiger partial charge is 0.283 e. The first kappa shape index (κ1) is 28.6. The molecule has 0 aliphatic carbocycles. The molecule has 5 aromatic rings. The van der Waals surface area contributed by atoms with Crippen LogP contribution in [0.4, 0.5) is 5.69 Å².